The van der Waals surface area contributed by atoms with E-state index < -0.39 is 0 Å². The minimum Gasteiger partial charge on any atom is -0.0996 e. The van der Waals surface area contributed by atoms with Gasteiger partial charge in [-0.2, -0.15) is 0 Å². The van der Waals surface area contributed by atoms with Crippen LogP contribution in [0.4, 0.5) is 0 Å². The van der Waals surface area contributed by atoms with E-state index in [9.17, 15) is 0 Å². The van der Waals surface area contributed by atoms with Gasteiger partial charge >= 0.3 is 0 Å². The van der Waals surface area contributed by atoms with Crippen molar-refractivity contribution in [1.29, 1.82) is 0 Å². The monoisotopic (exact) mass is 310 g/mol. The van der Waals surface area contributed by atoms with Gasteiger partial charge in [0, 0.05) is 0 Å². The maximum Gasteiger partial charge on any atom is -0.00478 e. The summed E-state index contributed by atoms with van der Waals surface area (Å²) in [5.74, 6) is 2.57. The Labute approximate surface area is 143 Å². The molecule has 4 saturated carbocycles. The van der Waals surface area contributed by atoms with Gasteiger partial charge in [-0.3, -0.25) is 0 Å². The molecule has 126 valence electrons. The van der Waals surface area contributed by atoms with Gasteiger partial charge in [0.25, 0.3) is 0 Å². The van der Waals surface area contributed by atoms with Crippen molar-refractivity contribution >= 4 is 0 Å². The Morgan fingerprint density at radius 1 is 1.09 bits per heavy atom. The van der Waals surface area contributed by atoms with E-state index in [-0.39, 0.29) is 5.41 Å². The zero-order chi connectivity index (χ0) is 16.5. The van der Waals surface area contributed by atoms with E-state index >= 15 is 0 Å². The van der Waals surface area contributed by atoms with Crippen LogP contribution in [0.2, 0.25) is 0 Å². The molecule has 0 heterocycles. The topological polar surface area (TPSA) is 0 Å². The minimum atomic E-state index is 0.281. The third-order valence-corrected chi connectivity index (χ3v) is 9.04. The number of hydrogen-bond donors (Lipinski definition) is 0. The average Bonchev–Trinajstić information content (AvgIpc) is 2.75. The van der Waals surface area contributed by atoms with Crippen molar-refractivity contribution in [3.05, 3.63) is 37.0 Å². The van der Waals surface area contributed by atoms with Crippen LogP contribution >= 0.6 is 0 Å². The second-order valence-electron chi connectivity index (χ2n) is 9.83. The Bertz CT molecular complexity index is 569. The van der Waals surface area contributed by atoms with Crippen LogP contribution in [0.1, 0.15) is 71.6 Å². The fraction of sp³-hybridized carbons (Fsp3) is 0.739. The van der Waals surface area contributed by atoms with Gasteiger partial charge in [-0.1, -0.05) is 51.7 Å². The number of hydrogen-bond acceptors (Lipinski definition) is 0. The zero-order valence-electron chi connectivity index (χ0n) is 15.3. The Morgan fingerprint density at radius 3 is 2.61 bits per heavy atom. The van der Waals surface area contributed by atoms with Crippen LogP contribution in [0.5, 0.6) is 0 Å². The zero-order valence-corrected chi connectivity index (χ0v) is 15.3. The smallest absolute Gasteiger partial charge is 0.00478 e. The predicted octanol–water partition coefficient (Wildman–Crippen LogP) is 6.70. The Morgan fingerprint density at radius 2 is 1.87 bits per heavy atom. The molecule has 0 amide bonds. The van der Waals surface area contributed by atoms with E-state index in [0.29, 0.717) is 10.8 Å². The van der Waals surface area contributed by atoms with E-state index in [2.05, 4.69) is 33.6 Å². The van der Waals surface area contributed by atoms with Crippen LogP contribution in [0.25, 0.3) is 0 Å². The third kappa shape index (κ3) is 1.90. The average molecular weight is 311 g/mol. The van der Waals surface area contributed by atoms with Crippen molar-refractivity contribution in [3.8, 4) is 0 Å². The molecule has 0 N–H and O–H groups in total. The molecule has 6 atom stereocenters. The normalized spacial score (nSPS) is 51.7. The molecule has 0 aromatic rings. The van der Waals surface area contributed by atoms with Gasteiger partial charge < -0.3 is 0 Å². The summed E-state index contributed by atoms with van der Waals surface area (Å²) in [6.07, 6.45) is 14.7. The first-order chi connectivity index (χ1) is 10.9. The lowest BCUT2D eigenvalue weighted by atomic mass is 9.40. The molecule has 1 spiro atoms. The highest BCUT2D eigenvalue weighted by molar-refractivity contribution is 5.28. The SMILES string of the molecule is C=CC(=C)[C@]1(C)CCC[C@@]2(C)C3CC[C@@H]4C[C@@]3(CCC21)CC4=C. The fourth-order valence-electron chi connectivity index (χ4n) is 7.97. The van der Waals surface area contributed by atoms with Crippen LogP contribution in [0, 0.1) is 34.0 Å². The molecule has 2 unspecified atom stereocenters. The summed E-state index contributed by atoms with van der Waals surface area (Å²) in [5, 5.41) is 0. The summed E-state index contributed by atoms with van der Waals surface area (Å²) < 4.78 is 0. The van der Waals surface area contributed by atoms with Crippen molar-refractivity contribution in [3.63, 3.8) is 0 Å². The molecule has 0 aromatic carbocycles. The lowest BCUT2D eigenvalue weighted by Crippen LogP contribution is -2.56. The second-order valence-corrected chi connectivity index (χ2v) is 9.83. The van der Waals surface area contributed by atoms with Gasteiger partial charge in [0.1, 0.15) is 0 Å². The lowest BCUT2D eigenvalue weighted by Gasteiger charge is -2.64. The Balaban J connectivity index is 1.74. The van der Waals surface area contributed by atoms with Gasteiger partial charge in [-0.25, -0.2) is 0 Å². The maximum absolute atomic E-state index is 4.45. The quantitative estimate of drug-likeness (QED) is 0.393. The molecule has 0 radical (unpaired) electrons. The molecule has 4 rings (SSSR count). The number of allylic oxidation sites excluding steroid dienone is 3. The number of fused-ring (bicyclic) bond motifs is 3. The summed E-state index contributed by atoms with van der Waals surface area (Å²) >= 11 is 0. The largest absolute Gasteiger partial charge is 0.0996 e. The van der Waals surface area contributed by atoms with E-state index in [1.807, 2.05) is 6.08 Å². The standard InChI is InChI=1S/C23H34/c1-6-17(3)21(4)11-7-12-22(5)19(21)10-13-23-14-16(2)18(15-23)8-9-20(22)23/h6,18-20H,1-3,7-15H2,4-5H3/t18-,19?,20?,21+,22-,23-/m1/s1. The molecule has 0 nitrogen and oxygen atoms in total. The molecular formula is C23H34. The van der Waals surface area contributed by atoms with E-state index in [4.69, 9.17) is 0 Å². The Kier molecular flexibility index (Phi) is 3.33. The van der Waals surface area contributed by atoms with Crippen LogP contribution in [0.15, 0.2) is 37.0 Å². The molecule has 4 aliphatic rings. The summed E-state index contributed by atoms with van der Waals surface area (Å²) in [7, 11) is 0. The summed E-state index contributed by atoms with van der Waals surface area (Å²) in [4.78, 5) is 0. The molecular weight excluding hydrogens is 276 g/mol. The third-order valence-electron chi connectivity index (χ3n) is 9.04. The molecule has 23 heavy (non-hydrogen) atoms. The van der Waals surface area contributed by atoms with Gasteiger partial charge in [-0.05, 0) is 90.9 Å². The predicted molar refractivity (Wildman–Crippen MR) is 99.1 cm³/mol. The van der Waals surface area contributed by atoms with E-state index in [1.54, 1.807) is 5.57 Å². The van der Waals surface area contributed by atoms with Crippen LogP contribution in [-0.2, 0) is 0 Å². The van der Waals surface area contributed by atoms with Crippen molar-refractivity contribution < 1.29 is 0 Å². The van der Waals surface area contributed by atoms with E-state index in [1.165, 1.54) is 63.4 Å². The molecule has 0 aromatic heterocycles. The summed E-state index contributed by atoms with van der Waals surface area (Å²) in [5.41, 5.74) is 4.28. The van der Waals surface area contributed by atoms with Crippen LogP contribution < -0.4 is 0 Å². The minimum absolute atomic E-state index is 0.281. The highest BCUT2D eigenvalue weighted by Crippen LogP contribution is 2.72. The summed E-state index contributed by atoms with van der Waals surface area (Å²) in [6, 6.07) is 0. The first-order valence-electron chi connectivity index (χ1n) is 9.85. The molecule has 2 bridgehead atoms. The van der Waals surface area contributed by atoms with Crippen molar-refractivity contribution in [2.45, 2.75) is 71.6 Å². The van der Waals surface area contributed by atoms with Gasteiger partial charge in [0.05, 0.1) is 0 Å². The van der Waals surface area contributed by atoms with Gasteiger partial charge in [0.2, 0.25) is 0 Å². The first-order valence-corrected chi connectivity index (χ1v) is 9.85. The van der Waals surface area contributed by atoms with Crippen molar-refractivity contribution in [2.24, 2.45) is 34.0 Å². The molecule has 0 aliphatic heterocycles. The highest BCUT2D eigenvalue weighted by atomic mass is 14.7. The van der Waals surface area contributed by atoms with Crippen LogP contribution in [-0.4, -0.2) is 0 Å². The molecule has 4 fully saturated rings. The maximum atomic E-state index is 4.45. The fourth-order valence-corrected chi connectivity index (χ4v) is 7.97. The summed E-state index contributed by atoms with van der Waals surface area (Å²) in [6.45, 7) is 18.1. The second kappa shape index (κ2) is 4.87. The number of rotatable bonds is 2. The Hall–Kier alpha value is -0.780. The van der Waals surface area contributed by atoms with Gasteiger partial charge in [0.15, 0.2) is 0 Å². The first kappa shape index (κ1) is 15.7. The lowest BCUT2D eigenvalue weighted by molar-refractivity contribution is -0.138. The highest BCUT2D eigenvalue weighted by Gasteiger charge is 2.63. The van der Waals surface area contributed by atoms with Gasteiger partial charge in [-0.15, -0.1) is 0 Å². The molecule has 4 aliphatic carbocycles. The van der Waals surface area contributed by atoms with Crippen molar-refractivity contribution in [1.82, 2.24) is 0 Å². The van der Waals surface area contributed by atoms with Crippen LogP contribution in [0.3, 0.4) is 0 Å². The molecule has 0 heteroatoms. The van der Waals surface area contributed by atoms with Crippen molar-refractivity contribution in [2.75, 3.05) is 0 Å². The van der Waals surface area contributed by atoms with E-state index in [0.717, 1.165) is 17.8 Å². The molecule has 0 saturated heterocycles.